The SMILES string of the molecule is CCCCCC1(C)CCCC1. The molecule has 0 aromatic rings. The first-order valence-corrected chi connectivity index (χ1v) is 5.27. The highest BCUT2D eigenvalue weighted by Crippen LogP contribution is 2.41. The van der Waals surface area contributed by atoms with E-state index in [0.717, 1.165) is 5.41 Å². The van der Waals surface area contributed by atoms with Crippen LogP contribution in [0.3, 0.4) is 0 Å². The highest BCUT2D eigenvalue weighted by atomic mass is 14.3. The molecule has 1 fully saturated rings. The van der Waals surface area contributed by atoms with E-state index in [-0.39, 0.29) is 0 Å². The molecule has 0 aromatic heterocycles. The largest absolute Gasteiger partial charge is 0.0654 e. The summed E-state index contributed by atoms with van der Waals surface area (Å²) < 4.78 is 0. The van der Waals surface area contributed by atoms with E-state index in [0.29, 0.717) is 0 Å². The first-order chi connectivity index (χ1) is 5.27. The van der Waals surface area contributed by atoms with Crippen LogP contribution in [0, 0.1) is 5.41 Å². The van der Waals surface area contributed by atoms with Gasteiger partial charge in [0, 0.05) is 0 Å². The van der Waals surface area contributed by atoms with Crippen molar-refractivity contribution in [2.24, 2.45) is 5.41 Å². The van der Waals surface area contributed by atoms with Gasteiger partial charge < -0.3 is 0 Å². The monoisotopic (exact) mass is 154 g/mol. The second kappa shape index (κ2) is 4.13. The van der Waals surface area contributed by atoms with Gasteiger partial charge in [0.05, 0.1) is 0 Å². The molecule has 0 bridgehead atoms. The van der Waals surface area contributed by atoms with Crippen molar-refractivity contribution in [3.63, 3.8) is 0 Å². The van der Waals surface area contributed by atoms with Crippen LogP contribution in [0.1, 0.15) is 65.2 Å². The fraction of sp³-hybridized carbons (Fsp3) is 1.00. The Kier molecular flexibility index (Phi) is 3.42. The summed E-state index contributed by atoms with van der Waals surface area (Å²) >= 11 is 0. The smallest absolute Gasteiger partial charge is 0.0326 e. The molecule has 0 aromatic carbocycles. The fourth-order valence-electron chi connectivity index (χ4n) is 2.28. The van der Waals surface area contributed by atoms with Crippen LogP contribution >= 0.6 is 0 Å². The summed E-state index contributed by atoms with van der Waals surface area (Å²) in [6.45, 7) is 4.77. The van der Waals surface area contributed by atoms with Gasteiger partial charge in [0.2, 0.25) is 0 Å². The van der Waals surface area contributed by atoms with E-state index in [1.54, 1.807) is 0 Å². The van der Waals surface area contributed by atoms with E-state index in [1.807, 2.05) is 0 Å². The second-order valence-corrected chi connectivity index (χ2v) is 4.47. The Balaban J connectivity index is 2.13. The molecule has 1 aliphatic carbocycles. The van der Waals surface area contributed by atoms with Crippen LogP contribution in [-0.4, -0.2) is 0 Å². The lowest BCUT2D eigenvalue weighted by Gasteiger charge is -2.22. The number of unbranched alkanes of at least 4 members (excludes halogenated alkanes) is 2. The van der Waals surface area contributed by atoms with Crippen LogP contribution in [0.15, 0.2) is 0 Å². The van der Waals surface area contributed by atoms with E-state index in [4.69, 9.17) is 0 Å². The summed E-state index contributed by atoms with van der Waals surface area (Å²) in [5.74, 6) is 0. The molecular weight excluding hydrogens is 132 g/mol. The molecule has 0 aliphatic heterocycles. The van der Waals surface area contributed by atoms with E-state index >= 15 is 0 Å². The number of hydrogen-bond donors (Lipinski definition) is 0. The maximum atomic E-state index is 2.48. The van der Waals surface area contributed by atoms with E-state index in [2.05, 4.69) is 13.8 Å². The Labute approximate surface area is 71.4 Å². The standard InChI is InChI=1S/C11H22/c1-3-4-5-8-11(2)9-6-7-10-11/h3-10H2,1-2H3. The third kappa shape index (κ3) is 2.84. The maximum absolute atomic E-state index is 2.48. The van der Waals surface area contributed by atoms with Gasteiger partial charge in [0.15, 0.2) is 0 Å². The van der Waals surface area contributed by atoms with Crippen molar-refractivity contribution in [3.05, 3.63) is 0 Å². The normalized spacial score (nSPS) is 22.4. The van der Waals surface area contributed by atoms with Crippen molar-refractivity contribution in [1.29, 1.82) is 0 Å². The molecule has 0 unspecified atom stereocenters. The van der Waals surface area contributed by atoms with Crippen molar-refractivity contribution in [1.82, 2.24) is 0 Å². The summed E-state index contributed by atoms with van der Waals surface area (Å²) in [4.78, 5) is 0. The molecule has 1 rings (SSSR count). The van der Waals surface area contributed by atoms with Crippen molar-refractivity contribution >= 4 is 0 Å². The molecule has 66 valence electrons. The van der Waals surface area contributed by atoms with Crippen molar-refractivity contribution in [2.45, 2.75) is 65.2 Å². The Morgan fingerprint density at radius 3 is 2.27 bits per heavy atom. The molecule has 0 N–H and O–H groups in total. The van der Waals surface area contributed by atoms with Crippen LogP contribution in [0.5, 0.6) is 0 Å². The molecule has 11 heavy (non-hydrogen) atoms. The molecule has 0 nitrogen and oxygen atoms in total. The van der Waals surface area contributed by atoms with E-state index in [1.165, 1.54) is 51.4 Å². The number of rotatable bonds is 4. The fourth-order valence-corrected chi connectivity index (χ4v) is 2.28. The Hall–Kier alpha value is 0. The minimum absolute atomic E-state index is 0.745. The number of hydrogen-bond acceptors (Lipinski definition) is 0. The topological polar surface area (TPSA) is 0 Å². The van der Waals surface area contributed by atoms with E-state index < -0.39 is 0 Å². The first kappa shape index (κ1) is 9.09. The average molecular weight is 154 g/mol. The average Bonchev–Trinajstić information content (AvgIpc) is 2.38. The molecule has 0 radical (unpaired) electrons. The van der Waals surface area contributed by atoms with Crippen LogP contribution in [-0.2, 0) is 0 Å². The minimum atomic E-state index is 0.745. The van der Waals surface area contributed by atoms with Crippen molar-refractivity contribution in [2.75, 3.05) is 0 Å². The Bertz CT molecular complexity index is 98.6. The summed E-state index contributed by atoms with van der Waals surface area (Å²) in [5.41, 5.74) is 0.745. The third-order valence-corrected chi connectivity index (χ3v) is 3.19. The lowest BCUT2D eigenvalue weighted by Crippen LogP contribution is -2.09. The lowest BCUT2D eigenvalue weighted by molar-refractivity contribution is 0.296. The molecule has 1 aliphatic rings. The van der Waals surface area contributed by atoms with Gasteiger partial charge in [-0.1, -0.05) is 46.0 Å². The maximum Gasteiger partial charge on any atom is -0.0326 e. The molecule has 0 amide bonds. The van der Waals surface area contributed by atoms with Gasteiger partial charge in [-0.3, -0.25) is 0 Å². The van der Waals surface area contributed by atoms with Gasteiger partial charge in [-0.15, -0.1) is 0 Å². The molecule has 0 saturated heterocycles. The van der Waals surface area contributed by atoms with Crippen LogP contribution in [0.2, 0.25) is 0 Å². The summed E-state index contributed by atoms with van der Waals surface area (Å²) in [5, 5.41) is 0. The second-order valence-electron chi connectivity index (χ2n) is 4.47. The van der Waals surface area contributed by atoms with Gasteiger partial charge in [-0.2, -0.15) is 0 Å². The highest BCUT2D eigenvalue weighted by Gasteiger charge is 2.27. The summed E-state index contributed by atoms with van der Waals surface area (Å²) in [7, 11) is 0. The highest BCUT2D eigenvalue weighted by molar-refractivity contribution is 4.79. The van der Waals surface area contributed by atoms with Gasteiger partial charge >= 0.3 is 0 Å². The van der Waals surface area contributed by atoms with Gasteiger partial charge in [-0.25, -0.2) is 0 Å². The zero-order chi connectivity index (χ0) is 8.16. The van der Waals surface area contributed by atoms with Gasteiger partial charge in [0.1, 0.15) is 0 Å². The first-order valence-electron chi connectivity index (χ1n) is 5.27. The predicted molar refractivity (Wildman–Crippen MR) is 50.7 cm³/mol. The van der Waals surface area contributed by atoms with Crippen LogP contribution in [0.25, 0.3) is 0 Å². The zero-order valence-electron chi connectivity index (χ0n) is 8.16. The minimum Gasteiger partial charge on any atom is -0.0654 e. The lowest BCUT2D eigenvalue weighted by atomic mass is 9.83. The summed E-state index contributed by atoms with van der Waals surface area (Å²) in [6.07, 6.45) is 11.7. The molecule has 0 spiro atoms. The zero-order valence-corrected chi connectivity index (χ0v) is 8.16. The van der Waals surface area contributed by atoms with Gasteiger partial charge in [0.25, 0.3) is 0 Å². The predicted octanol–water partition coefficient (Wildman–Crippen LogP) is 4.15. The third-order valence-electron chi connectivity index (χ3n) is 3.19. The van der Waals surface area contributed by atoms with Crippen LogP contribution < -0.4 is 0 Å². The molecule has 1 saturated carbocycles. The van der Waals surface area contributed by atoms with E-state index in [9.17, 15) is 0 Å². The molecule has 0 atom stereocenters. The molecule has 0 heterocycles. The Morgan fingerprint density at radius 2 is 1.73 bits per heavy atom. The molecule has 0 heteroatoms. The van der Waals surface area contributed by atoms with Crippen molar-refractivity contribution < 1.29 is 0 Å². The van der Waals surface area contributed by atoms with Crippen molar-refractivity contribution in [3.8, 4) is 0 Å². The summed E-state index contributed by atoms with van der Waals surface area (Å²) in [6, 6.07) is 0. The quantitative estimate of drug-likeness (QED) is 0.534. The molecular formula is C11H22. The Morgan fingerprint density at radius 1 is 1.09 bits per heavy atom. The van der Waals surface area contributed by atoms with Gasteiger partial charge in [-0.05, 0) is 24.7 Å². The van der Waals surface area contributed by atoms with Crippen LogP contribution in [0.4, 0.5) is 0 Å².